The second-order valence-corrected chi connectivity index (χ2v) is 5.41. The standard InChI is InChI=1S/C13H18Cl2N2O/c1-18-7-6-17-5-4-12(16)13(17)9-2-3-10(14)11(15)8-9/h2-3,8,12-13H,4-7,16H2,1H3. The Balaban J connectivity index is 2.19. The molecule has 0 amide bonds. The number of halogens is 2. The third kappa shape index (κ3) is 2.98. The summed E-state index contributed by atoms with van der Waals surface area (Å²) in [5, 5.41) is 1.16. The largest absolute Gasteiger partial charge is 0.383 e. The number of nitrogens with two attached hydrogens (primary N) is 1. The van der Waals surface area contributed by atoms with Crippen LogP contribution in [0.1, 0.15) is 18.0 Å². The Morgan fingerprint density at radius 2 is 2.17 bits per heavy atom. The maximum Gasteiger partial charge on any atom is 0.0595 e. The molecule has 100 valence electrons. The smallest absolute Gasteiger partial charge is 0.0595 e. The molecule has 1 aliphatic heterocycles. The molecule has 1 fully saturated rings. The molecule has 0 bridgehead atoms. The summed E-state index contributed by atoms with van der Waals surface area (Å²) in [6.45, 7) is 2.59. The van der Waals surface area contributed by atoms with Gasteiger partial charge in [-0.2, -0.15) is 0 Å². The molecule has 2 unspecified atom stereocenters. The first-order valence-corrected chi connectivity index (χ1v) is 6.82. The Bertz CT molecular complexity index is 414. The van der Waals surface area contributed by atoms with Crippen molar-refractivity contribution in [3.8, 4) is 0 Å². The third-order valence-corrected chi connectivity index (χ3v) is 4.16. The Labute approximate surface area is 118 Å². The van der Waals surface area contributed by atoms with Gasteiger partial charge in [0.15, 0.2) is 0 Å². The van der Waals surface area contributed by atoms with E-state index in [2.05, 4.69) is 4.90 Å². The summed E-state index contributed by atoms with van der Waals surface area (Å²) in [5.41, 5.74) is 7.33. The fourth-order valence-corrected chi connectivity index (χ4v) is 2.80. The van der Waals surface area contributed by atoms with Crippen LogP contribution >= 0.6 is 23.2 Å². The maximum absolute atomic E-state index is 6.20. The molecule has 1 heterocycles. The van der Waals surface area contributed by atoms with Gasteiger partial charge in [0.2, 0.25) is 0 Å². The van der Waals surface area contributed by atoms with Gasteiger partial charge in [-0.15, -0.1) is 0 Å². The lowest BCUT2D eigenvalue weighted by Gasteiger charge is -2.27. The van der Waals surface area contributed by atoms with E-state index in [-0.39, 0.29) is 12.1 Å². The minimum atomic E-state index is 0.138. The summed E-state index contributed by atoms with van der Waals surface area (Å²) >= 11 is 12.0. The molecule has 1 aromatic rings. The topological polar surface area (TPSA) is 38.5 Å². The van der Waals surface area contributed by atoms with Crippen LogP contribution in [0.5, 0.6) is 0 Å². The molecule has 2 N–H and O–H groups in total. The van der Waals surface area contributed by atoms with Crippen LogP contribution in [0.2, 0.25) is 10.0 Å². The number of benzene rings is 1. The van der Waals surface area contributed by atoms with Gasteiger partial charge in [0.1, 0.15) is 0 Å². The molecule has 0 saturated carbocycles. The Morgan fingerprint density at radius 3 is 2.83 bits per heavy atom. The highest BCUT2D eigenvalue weighted by Gasteiger charge is 2.32. The van der Waals surface area contributed by atoms with E-state index < -0.39 is 0 Å². The van der Waals surface area contributed by atoms with Gasteiger partial charge in [-0.1, -0.05) is 29.3 Å². The number of likely N-dealkylation sites (tertiary alicyclic amines) is 1. The second kappa shape index (κ2) is 6.22. The van der Waals surface area contributed by atoms with Crippen molar-refractivity contribution in [2.24, 2.45) is 5.73 Å². The predicted octanol–water partition coefficient (Wildman–Crippen LogP) is 2.71. The lowest BCUT2D eigenvalue weighted by atomic mass is 10.0. The van der Waals surface area contributed by atoms with Gasteiger partial charge in [-0.25, -0.2) is 0 Å². The fraction of sp³-hybridized carbons (Fsp3) is 0.538. The van der Waals surface area contributed by atoms with Gasteiger partial charge < -0.3 is 10.5 Å². The van der Waals surface area contributed by atoms with Crippen LogP contribution in [0.3, 0.4) is 0 Å². The maximum atomic E-state index is 6.20. The van der Waals surface area contributed by atoms with Crippen LogP contribution in [0.4, 0.5) is 0 Å². The average Bonchev–Trinajstić information content (AvgIpc) is 2.71. The van der Waals surface area contributed by atoms with Crippen molar-refractivity contribution >= 4 is 23.2 Å². The molecule has 0 radical (unpaired) electrons. The zero-order valence-electron chi connectivity index (χ0n) is 10.4. The molecule has 5 heteroatoms. The molecule has 2 atom stereocenters. The highest BCUT2D eigenvalue weighted by molar-refractivity contribution is 6.42. The number of methoxy groups -OCH3 is 1. The van der Waals surface area contributed by atoms with E-state index in [1.807, 2.05) is 18.2 Å². The quantitative estimate of drug-likeness (QED) is 0.926. The molecule has 0 spiro atoms. The minimum absolute atomic E-state index is 0.138. The Morgan fingerprint density at radius 1 is 1.39 bits per heavy atom. The molecule has 1 aliphatic rings. The number of nitrogens with zero attached hydrogens (tertiary/aromatic N) is 1. The summed E-state index contributed by atoms with van der Waals surface area (Å²) < 4.78 is 5.14. The highest BCUT2D eigenvalue weighted by atomic mass is 35.5. The Kier molecular flexibility index (Phi) is 4.87. The summed E-state index contributed by atoms with van der Waals surface area (Å²) in [6, 6.07) is 6.09. The van der Waals surface area contributed by atoms with Crippen molar-refractivity contribution in [2.45, 2.75) is 18.5 Å². The van der Waals surface area contributed by atoms with Crippen molar-refractivity contribution in [2.75, 3.05) is 26.8 Å². The average molecular weight is 289 g/mol. The van der Waals surface area contributed by atoms with Crippen molar-refractivity contribution in [1.29, 1.82) is 0 Å². The predicted molar refractivity (Wildman–Crippen MR) is 75.2 cm³/mol. The van der Waals surface area contributed by atoms with Crippen molar-refractivity contribution in [1.82, 2.24) is 4.90 Å². The molecule has 2 rings (SSSR count). The van der Waals surface area contributed by atoms with Crippen molar-refractivity contribution in [3.63, 3.8) is 0 Å². The molecule has 3 nitrogen and oxygen atoms in total. The number of hydrogen-bond donors (Lipinski definition) is 1. The van der Waals surface area contributed by atoms with Gasteiger partial charge >= 0.3 is 0 Å². The molecule has 0 aromatic heterocycles. The lowest BCUT2D eigenvalue weighted by molar-refractivity contribution is 0.139. The first-order valence-electron chi connectivity index (χ1n) is 6.07. The van der Waals surface area contributed by atoms with Gasteiger partial charge in [-0.3, -0.25) is 4.90 Å². The molecule has 0 aliphatic carbocycles. The summed E-state index contributed by atoms with van der Waals surface area (Å²) in [6.07, 6.45) is 0.995. The molecular weight excluding hydrogens is 271 g/mol. The highest BCUT2D eigenvalue weighted by Crippen LogP contribution is 2.34. The van der Waals surface area contributed by atoms with Gasteiger partial charge in [0.25, 0.3) is 0 Å². The first-order chi connectivity index (χ1) is 8.63. The summed E-state index contributed by atoms with van der Waals surface area (Å²) in [5.74, 6) is 0. The zero-order valence-corrected chi connectivity index (χ0v) is 11.9. The first kappa shape index (κ1) is 14.1. The van der Waals surface area contributed by atoms with E-state index in [0.717, 1.165) is 25.1 Å². The Hall–Kier alpha value is -0.320. The SMILES string of the molecule is COCCN1CCC(N)C1c1ccc(Cl)c(Cl)c1. The molecule has 1 saturated heterocycles. The van der Waals surface area contributed by atoms with E-state index in [9.17, 15) is 0 Å². The lowest BCUT2D eigenvalue weighted by Crippen LogP contribution is -2.33. The molecule has 1 aromatic carbocycles. The van der Waals surface area contributed by atoms with E-state index >= 15 is 0 Å². The number of hydrogen-bond acceptors (Lipinski definition) is 3. The van der Waals surface area contributed by atoms with E-state index in [1.54, 1.807) is 7.11 Å². The van der Waals surface area contributed by atoms with Crippen LogP contribution in [0.15, 0.2) is 18.2 Å². The van der Waals surface area contributed by atoms with Crippen LogP contribution in [0, 0.1) is 0 Å². The summed E-state index contributed by atoms with van der Waals surface area (Å²) in [4.78, 5) is 2.34. The molecular formula is C13H18Cl2N2O. The zero-order chi connectivity index (χ0) is 13.1. The van der Waals surface area contributed by atoms with Crippen LogP contribution in [-0.4, -0.2) is 37.7 Å². The van der Waals surface area contributed by atoms with Crippen LogP contribution in [0.25, 0.3) is 0 Å². The minimum Gasteiger partial charge on any atom is -0.383 e. The monoisotopic (exact) mass is 288 g/mol. The van der Waals surface area contributed by atoms with Crippen LogP contribution in [-0.2, 0) is 4.74 Å². The third-order valence-electron chi connectivity index (χ3n) is 3.42. The second-order valence-electron chi connectivity index (χ2n) is 4.60. The van der Waals surface area contributed by atoms with E-state index in [0.29, 0.717) is 16.7 Å². The summed E-state index contributed by atoms with van der Waals surface area (Å²) in [7, 11) is 1.71. The van der Waals surface area contributed by atoms with Crippen molar-refractivity contribution in [3.05, 3.63) is 33.8 Å². The van der Waals surface area contributed by atoms with E-state index in [4.69, 9.17) is 33.7 Å². The number of ether oxygens (including phenoxy) is 1. The number of rotatable bonds is 4. The van der Waals surface area contributed by atoms with E-state index in [1.165, 1.54) is 0 Å². The van der Waals surface area contributed by atoms with Crippen LogP contribution < -0.4 is 5.73 Å². The van der Waals surface area contributed by atoms with Gasteiger partial charge in [-0.05, 0) is 24.1 Å². The molecule has 18 heavy (non-hydrogen) atoms. The fourth-order valence-electron chi connectivity index (χ4n) is 2.50. The normalized spacial score (nSPS) is 24.7. The van der Waals surface area contributed by atoms with Crippen molar-refractivity contribution < 1.29 is 4.74 Å². The van der Waals surface area contributed by atoms with Gasteiger partial charge in [0, 0.05) is 26.2 Å². The van der Waals surface area contributed by atoms with Gasteiger partial charge in [0.05, 0.1) is 22.7 Å².